The van der Waals surface area contributed by atoms with Gasteiger partial charge in [-0.1, -0.05) is 24.3 Å². The predicted molar refractivity (Wildman–Crippen MR) is 133 cm³/mol. The second-order valence-electron chi connectivity index (χ2n) is 7.53. The smallest absolute Gasteiger partial charge is 0.191 e. The fourth-order valence-electron chi connectivity index (χ4n) is 3.56. The molecule has 0 bridgehead atoms. The number of aliphatic imine (C=N–C) groups is 1. The molecule has 1 heterocycles. The van der Waals surface area contributed by atoms with Gasteiger partial charge in [-0.25, -0.2) is 0 Å². The molecule has 2 unspecified atom stereocenters. The largest absolute Gasteiger partial charge is 0.382 e. The lowest BCUT2D eigenvalue weighted by Gasteiger charge is -2.35. The Bertz CT molecular complexity index is 608. The number of halogens is 1. The number of hydrogen-bond donors (Lipinski definition) is 2. The molecule has 1 fully saturated rings. The number of ether oxygens (including phenoxy) is 3. The Morgan fingerprint density at radius 3 is 2.47 bits per heavy atom. The molecule has 1 saturated heterocycles. The van der Waals surface area contributed by atoms with Crippen molar-refractivity contribution in [3.63, 3.8) is 0 Å². The van der Waals surface area contributed by atoms with Crippen LogP contribution in [-0.2, 0) is 27.3 Å². The molecule has 1 aromatic carbocycles. The average molecular weight is 534 g/mol. The van der Waals surface area contributed by atoms with E-state index >= 15 is 0 Å². The van der Waals surface area contributed by atoms with E-state index in [2.05, 4.69) is 58.6 Å². The minimum absolute atomic E-state index is 0. The molecular formula is C22H39IN4O3. The minimum Gasteiger partial charge on any atom is -0.382 e. The van der Waals surface area contributed by atoms with E-state index in [4.69, 9.17) is 14.2 Å². The van der Waals surface area contributed by atoms with Crippen LogP contribution in [0, 0.1) is 0 Å². The molecule has 0 radical (unpaired) electrons. The fraction of sp³-hybridized carbons (Fsp3) is 0.682. The van der Waals surface area contributed by atoms with Crippen LogP contribution in [0.1, 0.15) is 31.4 Å². The first-order valence-corrected chi connectivity index (χ1v) is 10.6. The summed E-state index contributed by atoms with van der Waals surface area (Å²) in [5.41, 5.74) is 2.65. The molecule has 0 saturated carbocycles. The van der Waals surface area contributed by atoms with Crippen molar-refractivity contribution in [3.05, 3.63) is 35.4 Å². The summed E-state index contributed by atoms with van der Waals surface area (Å²) in [6, 6.07) is 8.61. The van der Waals surface area contributed by atoms with Crippen LogP contribution in [0.4, 0.5) is 0 Å². The summed E-state index contributed by atoms with van der Waals surface area (Å²) in [5.74, 6) is 0.810. The number of rotatable bonds is 11. The van der Waals surface area contributed by atoms with Crippen molar-refractivity contribution >= 4 is 29.9 Å². The van der Waals surface area contributed by atoms with E-state index in [1.54, 1.807) is 14.2 Å². The zero-order valence-electron chi connectivity index (χ0n) is 18.9. The SMILES string of the molecule is CN=C(NCCCOCCOC)NCc1ccccc1CN1CC(C)OC(C)C1.I. The molecule has 172 valence electrons. The Morgan fingerprint density at radius 2 is 1.80 bits per heavy atom. The number of guanidine groups is 1. The molecule has 8 heteroatoms. The molecule has 2 N–H and O–H groups in total. The highest BCUT2D eigenvalue weighted by Gasteiger charge is 2.22. The lowest BCUT2D eigenvalue weighted by atomic mass is 10.1. The van der Waals surface area contributed by atoms with Gasteiger partial charge in [0.25, 0.3) is 0 Å². The molecule has 0 amide bonds. The van der Waals surface area contributed by atoms with E-state index in [1.807, 2.05) is 0 Å². The second kappa shape index (κ2) is 15.8. The number of nitrogens with zero attached hydrogens (tertiary/aromatic N) is 2. The maximum atomic E-state index is 5.86. The van der Waals surface area contributed by atoms with Gasteiger partial charge in [0.2, 0.25) is 0 Å². The first-order chi connectivity index (χ1) is 14.1. The van der Waals surface area contributed by atoms with Gasteiger partial charge in [0.05, 0.1) is 25.4 Å². The van der Waals surface area contributed by atoms with Crippen molar-refractivity contribution in [3.8, 4) is 0 Å². The van der Waals surface area contributed by atoms with Crippen LogP contribution in [0.2, 0.25) is 0 Å². The third-order valence-electron chi connectivity index (χ3n) is 4.87. The van der Waals surface area contributed by atoms with Gasteiger partial charge in [0.1, 0.15) is 0 Å². The van der Waals surface area contributed by atoms with Crippen LogP contribution in [0.15, 0.2) is 29.3 Å². The predicted octanol–water partition coefficient (Wildman–Crippen LogP) is 2.63. The molecule has 1 aromatic rings. The van der Waals surface area contributed by atoms with E-state index in [-0.39, 0.29) is 36.2 Å². The van der Waals surface area contributed by atoms with Gasteiger partial charge in [-0.3, -0.25) is 9.89 Å². The molecule has 2 rings (SSSR count). The molecular weight excluding hydrogens is 495 g/mol. The number of morpholine rings is 1. The maximum Gasteiger partial charge on any atom is 0.191 e. The molecule has 7 nitrogen and oxygen atoms in total. The lowest BCUT2D eigenvalue weighted by Crippen LogP contribution is -2.45. The second-order valence-corrected chi connectivity index (χ2v) is 7.53. The van der Waals surface area contributed by atoms with Crippen LogP contribution in [0.3, 0.4) is 0 Å². The van der Waals surface area contributed by atoms with Gasteiger partial charge in [-0.15, -0.1) is 24.0 Å². The van der Waals surface area contributed by atoms with Gasteiger partial charge in [0.15, 0.2) is 5.96 Å². The summed E-state index contributed by atoms with van der Waals surface area (Å²) >= 11 is 0. The van der Waals surface area contributed by atoms with Crippen LogP contribution in [0.25, 0.3) is 0 Å². The Hall–Kier alpha value is -0.940. The topological polar surface area (TPSA) is 67.4 Å². The van der Waals surface area contributed by atoms with Crippen molar-refractivity contribution in [1.82, 2.24) is 15.5 Å². The standard InChI is InChI=1S/C22H38N4O3.HI/c1-18-15-26(16-19(2)29-18)17-21-9-6-5-8-20(21)14-25-22(23-3)24-10-7-11-28-13-12-27-4;/h5-6,8-9,18-19H,7,10-17H2,1-4H3,(H2,23,24,25);1H. The Morgan fingerprint density at radius 1 is 1.10 bits per heavy atom. The summed E-state index contributed by atoms with van der Waals surface area (Å²) in [7, 11) is 3.48. The van der Waals surface area contributed by atoms with Gasteiger partial charge < -0.3 is 24.8 Å². The van der Waals surface area contributed by atoms with Crippen molar-refractivity contribution in [2.24, 2.45) is 4.99 Å². The zero-order chi connectivity index (χ0) is 20.9. The Balaban J connectivity index is 0.00000450. The average Bonchev–Trinajstić information content (AvgIpc) is 2.70. The van der Waals surface area contributed by atoms with Gasteiger partial charge >= 0.3 is 0 Å². The van der Waals surface area contributed by atoms with Crippen molar-refractivity contribution in [1.29, 1.82) is 0 Å². The molecule has 30 heavy (non-hydrogen) atoms. The summed E-state index contributed by atoms with van der Waals surface area (Å²) in [5, 5.41) is 6.77. The highest BCUT2D eigenvalue weighted by molar-refractivity contribution is 14.0. The molecule has 2 atom stereocenters. The Labute approximate surface area is 199 Å². The third-order valence-corrected chi connectivity index (χ3v) is 4.87. The Kier molecular flexibility index (Phi) is 14.3. The highest BCUT2D eigenvalue weighted by atomic mass is 127. The lowest BCUT2D eigenvalue weighted by molar-refractivity contribution is -0.0705. The van der Waals surface area contributed by atoms with Crippen molar-refractivity contribution in [2.75, 3.05) is 53.6 Å². The number of benzene rings is 1. The molecule has 0 aromatic heterocycles. The summed E-state index contributed by atoms with van der Waals surface area (Å²) < 4.78 is 16.3. The first-order valence-electron chi connectivity index (χ1n) is 10.6. The monoisotopic (exact) mass is 534 g/mol. The van der Waals surface area contributed by atoms with Gasteiger partial charge in [-0.2, -0.15) is 0 Å². The molecule has 0 aliphatic carbocycles. The number of hydrogen-bond acceptors (Lipinski definition) is 5. The van der Waals surface area contributed by atoms with Crippen molar-refractivity contribution < 1.29 is 14.2 Å². The van der Waals surface area contributed by atoms with E-state index in [0.29, 0.717) is 19.8 Å². The van der Waals surface area contributed by atoms with Crippen LogP contribution in [-0.4, -0.2) is 76.7 Å². The zero-order valence-corrected chi connectivity index (χ0v) is 21.2. The number of methoxy groups -OCH3 is 1. The molecule has 1 aliphatic heterocycles. The highest BCUT2D eigenvalue weighted by Crippen LogP contribution is 2.17. The fourth-order valence-corrected chi connectivity index (χ4v) is 3.56. The normalized spacial score (nSPS) is 19.9. The van der Waals surface area contributed by atoms with E-state index in [1.165, 1.54) is 11.1 Å². The quantitative estimate of drug-likeness (QED) is 0.197. The first kappa shape index (κ1) is 27.1. The van der Waals surface area contributed by atoms with Crippen LogP contribution in [0.5, 0.6) is 0 Å². The summed E-state index contributed by atoms with van der Waals surface area (Å²) in [6.45, 7) is 10.7. The van der Waals surface area contributed by atoms with Gasteiger partial charge in [-0.05, 0) is 31.4 Å². The van der Waals surface area contributed by atoms with Crippen LogP contribution < -0.4 is 10.6 Å². The van der Waals surface area contributed by atoms with E-state index in [0.717, 1.165) is 45.1 Å². The molecule has 0 spiro atoms. The van der Waals surface area contributed by atoms with Crippen LogP contribution >= 0.6 is 24.0 Å². The maximum absolute atomic E-state index is 5.86. The third kappa shape index (κ3) is 10.4. The van der Waals surface area contributed by atoms with Crippen molar-refractivity contribution in [2.45, 2.75) is 45.6 Å². The summed E-state index contributed by atoms with van der Waals surface area (Å²) in [4.78, 5) is 6.80. The van der Waals surface area contributed by atoms with E-state index in [9.17, 15) is 0 Å². The number of nitrogens with one attached hydrogen (secondary N) is 2. The minimum atomic E-state index is 0. The van der Waals surface area contributed by atoms with E-state index < -0.39 is 0 Å². The van der Waals surface area contributed by atoms with Gasteiger partial charge in [0, 0.05) is 53.5 Å². The summed E-state index contributed by atoms with van der Waals surface area (Å²) in [6.07, 6.45) is 1.49. The molecule has 1 aliphatic rings.